The van der Waals surface area contributed by atoms with Crippen molar-refractivity contribution in [3.63, 3.8) is 0 Å². The molecule has 1 aliphatic heterocycles. The molecule has 0 saturated heterocycles. The normalized spacial score (nSPS) is 17.4. The van der Waals surface area contributed by atoms with Crippen molar-refractivity contribution < 1.29 is 4.79 Å². The smallest absolute Gasteiger partial charge is 0.324 e. The van der Waals surface area contributed by atoms with Crippen LogP contribution < -0.4 is 16.7 Å². The molecule has 1 aromatic heterocycles. The minimum atomic E-state index is -0.608. The van der Waals surface area contributed by atoms with Crippen molar-refractivity contribution in [1.29, 1.82) is 0 Å². The Balaban J connectivity index is 1.92. The van der Waals surface area contributed by atoms with Crippen LogP contribution in [-0.4, -0.2) is 20.7 Å². The number of hydrogen-bond donors (Lipinski definition) is 3. The number of hydrogen-bond acceptors (Lipinski definition) is 5. The number of nitrogens with two attached hydrogens (primary N) is 1. The zero-order valence-corrected chi connectivity index (χ0v) is 10.8. The number of carbonyl (C=O) groups is 1. The van der Waals surface area contributed by atoms with E-state index in [0.29, 0.717) is 10.8 Å². The van der Waals surface area contributed by atoms with Gasteiger partial charge in [-0.25, -0.2) is 9.89 Å². The van der Waals surface area contributed by atoms with Crippen molar-refractivity contribution in [3.8, 4) is 0 Å². The Morgan fingerprint density at radius 2 is 2.21 bits per heavy atom. The molecule has 0 spiro atoms. The molecule has 98 valence electrons. The topological polar surface area (TPSA) is 106 Å². The Hall–Kier alpha value is -2.06. The fourth-order valence-corrected chi connectivity index (χ4v) is 2.69. The molecule has 3 rings (SSSR count). The minimum Gasteiger partial charge on any atom is -0.324 e. The molecule has 0 fully saturated rings. The van der Waals surface area contributed by atoms with Crippen molar-refractivity contribution in [2.75, 3.05) is 5.32 Å². The highest BCUT2D eigenvalue weighted by Gasteiger charge is 2.27. The summed E-state index contributed by atoms with van der Waals surface area (Å²) >= 11 is 1.33. The Labute approximate surface area is 112 Å². The molecule has 0 aliphatic carbocycles. The predicted octanol–water partition coefficient (Wildman–Crippen LogP) is 0.211. The van der Waals surface area contributed by atoms with Crippen LogP contribution in [0, 0.1) is 0 Å². The van der Waals surface area contributed by atoms with Crippen LogP contribution in [-0.2, 0) is 11.8 Å². The van der Waals surface area contributed by atoms with Gasteiger partial charge >= 0.3 is 5.69 Å². The first-order chi connectivity index (χ1) is 9.06. The molecule has 2 heterocycles. The summed E-state index contributed by atoms with van der Waals surface area (Å²) in [5, 5.41) is 9.55. The molecule has 4 N–H and O–H groups in total. The first-order valence-corrected chi connectivity index (χ1v) is 6.37. The van der Waals surface area contributed by atoms with Crippen LogP contribution in [0.1, 0.15) is 11.6 Å². The summed E-state index contributed by atoms with van der Waals surface area (Å²) in [5.74, 6) is -0.204. The molecular weight excluding hydrogens is 266 g/mol. The van der Waals surface area contributed by atoms with E-state index in [4.69, 9.17) is 5.73 Å². The molecule has 7 nitrogen and oxygen atoms in total. The fraction of sp³-hybridized carbons (Fsp3) is 0.182. The standard InChI is InChI=1S/C11H11N5O2S/c1-16-10(18)14-15-11(16)19-5-2-3-6-7(4-5)13-9(17)8(6)12/h2-4,8H,12H2,1H3,(H,13,17)(H,14,18). The van der Waals surface area contributed by atoms with E-state index in [0.717, 1.165) is 10.5 Å². The fourth-order valence-electron chi connectivity index (χ4n) is 1.86. The number of H-pyrrole nitrogens is 1. The van der Waals surface area contributed by atoms with Gasteiger partial charge in [0, 0.05) is 23.2 Å². The van der Waals surface area contributed by atoms with Gasteiger partial charge in [0.2, 0.25) is 5.91 Å². The molecule has 0 saturated carbocycles. The maximum atomic E-state index is 11.5. The third-order valence-corrected chi connectivity index (χ3v) is 3.99. The monoisotopic (exact) mass is 277 g/mol. The predicted molar refractivity (Wildman–Crippen MR) is 70.0 cm³/mol. The van der Waals surface area contributed by atoms with E-state index in [1.165, 1.54) is 16.3 Å². The molecule has 1 aliphatic rings. The molecule has 19 heavy (non-hydrogen) atoms. The molecule has 1 amide bonds. The summed E-state index contributed by atoms with van der Waals surface area (Å²) in [7, 11) is 1.64. The van der Waals surface area contributed by atoms with Gasteiger partial charge in [-0.3, -0.25) is 9.36 Å². The van der Waals surface area contributed by atoms with Gasteiger partial charge in [0.15, 0.2) is 5.16 Å². The second kappa shape index (κ2) is 4.25. The van der Waals surface area contributed by atoms with E-state index < -0.39 is 6.04 Å². The number of aromatic amines is 1. The second-order valence-electron chi connectivity index (χ2n) is 4.19. The van der Waals surface area contributed by atoms with Crippen LogP contribution >= 0.6 is 11.8 Å². The van der Waals surface area contributed by atoms with Gasteiger partial charge in [-0.2, -0.15) is 0 Å². The zero-order chi connectivity index (χ0) is 13.6. The summed E-state index contributed by atoms with van der Waals surface area (Å²) in [6, 6.07) is 4.88. The lowest BCUT2D eigenvalue weighted by Gasteiger charge is -2.04. The van der Waals surface area contributed by atoms with Crippen molar-refractivity contribution in [2.45, 2.75) is 16.1 Å². The highest BCUT2D eigenvalue weighted by atomic mass is 32.2. The largest absolute Gasteiger partial charge is 0.343 e. The SMILES string of the molecule is Cn1c(Sc2ccc3c(c2)NC(=O)C3N)n[nH]c1=O. The van der Waals surface area contributed by atoms with Crippen molar-refractivity contribution in [1.82, 2.24) is 14.8 Å². The van der Waals surface area contributed by atoms with Crippen molar-refractivity contribution in [2.24, 2.45) is 12.8 Å². The lowest BCUT2D eigenvalue weighted by molar-refractivity contribution is -0.116. The molecule has 2 aromatic rings. The highest BCUT2D eigenvalue weighted by Crippen LogP contribution is 2.34. The average Bonchev–Trinajstić information content (AvgIpc) is 2.84. The Morgan fingerprint density at radius 1 is 1.42 bits per heavy atom. The number of fused-ring (bicyclic) bond motifs is 1. The molecule has 0 bridgehead atoms. The number of carbonyl (C=O) groups excluding carboxylic acids is 1. The van der Waals surface area contributed by atoms with E-state index in [9.17, 15) is 9.59 Å². The quantitative estimate of drug-likeness (QED) is 0.727. The number of amides is 1. The van der Waals surface area contributed by atoms with E-state index in [1.807, 2.05) is 18.2 Å². The number of anilines is 1. The summed E-state index contributed by atoms with van der Waals surface area (Å²) in [6.07, 6.45) is 0. The molecular formula is C11H11N5O2S. The Morgan fingerprint density at radius 3 is 2.89 bits per heavy atom. The number of nitrogens with one attached hydrogen (secondary N) is 2. The number of aromatic nitrogens is 3. The molecule has 1 unspecified atom stereocenters. The summed E-state index contributed by atoms with van der Waals surface area (Å²) in [5.41, 5.74) is 6.97. The Bertz CT molecular complexity index is 720. The van der Waals surface area contributed by atoms with Crippen LogP contribution in [0.4, 0.5) is 5.69 Å². The summed E-state index contributed by atoms with van der Waals surface area (Å²) in [4.78, 5) is 23.6. The lowest BCUT2D eigenvalue weighted by Crippen LogP contribution is -2.19. The maximum absolute atomic E-state index is 11.5. The van der Waals surface area contributed by atoms with Crippen LogP contribution in [0.3, 0.4) is 0 Å². The van der Waals surface area contributed by atoms with E-state index in [2.05, 4.69) is 15.5 Å². The third-order valence-electron chi connectivity index (χ3n) is 2.95. The van der Waals surface area contributed by atoms with Gasteiger partial charge < -0.3 is 11.1 Å². The number of rotatable bonds is 2. The van der Waals surface area contributed by atoms with Gasteiger partial charge in [-0.15, -0.1) is 5.10 Å². The maximum Gasteiger partial charge on any atom is 0.343 e. The van der Waals surface area contributed by atoms with Crippen LogP contribution in [0.5, 0.6) is 0 Å². The second-order valence-corrected chi connectivity index (χ2v) is 5.23. The molecule has 1 atom stereocenters. The third kappa shape index (κ3) is 1.94. The minimum absolute atomic E-state index is 0.204. The first-order valence-electron chi connectivity index (χ1n) is 5.56. The van der Waals surface area contributed by atoms with Gasteiger partial charge in [-0.1, -0.05) is 6.07 Å². The molecule has 1 aromatic carbocycles. The van der Waals surface area contributed by atoms with Crippen LogP contribution in [0.15, 0.2) is 33.0 Å². The molecule has 8 heteroatoms. The highest BCUT2D eigenvalue weighted by molar-refractivity contribution is 7.99. The number of benzene rings is 1. The average molecular weight is 277 g/mol. The van der Waals surface area contributed by atoms with Gasteiger partial charge in [0.05, 0.1) is 0 Å². The zero-order valence-electron chi connectivity index (χ0n) is 10.0. The van der Waals surface area contributed by atoms with Crippen molar-refractivity contribution in [3.05, 3.63) is 34.2 Å². The van der Waals surface area contributed by atoms with E-state index >= 15 is 0 Å². The number of nitrogens with zero attached hydrogens (tertiary/aromatic N) is 2. The van der Waals surface area contributed by atoms with Crippen LogP contribution in [0.25, 0.3) is 0 Å². The van der Waals surface area contributed by atoms with Crippen molar-refractivity contribution >= 4 is 23.4 Å². The van der Waals surface area contributed by atoms with Gasteiger partial charge in [-0.05, 0) is 23.9 Å². The summed E-state index contributed by atoms with van der Waals surface area (Å²) < 4.78 is 1.42. The van der Waals surface area contributed by atoms with E-state index in [-0.39, 0.29) is 11.6 Å². The molecule has 0 radical (unpaired) electrons. The van der Waals surface area contributed by atoms with E-state index in [1.54, 1.807) is 7.05 Å². The Kier molecular flexibility index (Phi) is 2.68. The van der Waals surface area contributed by atoms with Gasteiger partial charge in [0.1, 0.15) is 6.04 Å². The van der Waals surface area contributed by atoms with Crippen LogP contribution in [0.2, 0.25) is 0 Å². The lowest BCUT2D eigenvalue weighted by atomic mass is 10.1. The first kappa shape index (κ1) is 12.0. The van der Waals surface area contributed by atoms with Gasteiger partial charge in [0.25, 0.3) is 0 Å². The summed E-state index contributed by atoms with van der Waals surface area (Å²) in [6.45, 7) is 0.